The zero-order chi connectivity index (χ0) is 22.7. The molecule has 182 valence electrons. The zero-order valence-electron chi connectivity index (χ0n) is 20.7. The molecule has 3 saturated carbocycles. The van der Waals surface area contributed by atoms with Crippen LogP contribution < -0.4 is 0 Å². The molecule has 1 aromatic rings. The first-order valence-corrected chi connectivity index (χ1v) is 13.7. The molecule has 1 aromatic heterocycles. The van der Waals surface area contributed by atoms with E-state index in [1.165, 1.54) is 58.0 Å². The zero-order valence-corrected chi connectivity index (χ0v) is 20.7. The largest absolute Gasteiger partial charge is 0.472 e. The van der Waals surface area contributed by atoms with Crippen molar-refractivity contribution in [3.63, 3.8) is 0 Å². The third-order valence-corrected chi connectivity index (χ3v) is 11.2. The van der Waals surface area contributed by atoms with Crippen LogP contribution in [0.15, 0.2) is 34.7 Å². The summed E-state index contributed by atoms with van der Waals surface area (Å²) in [5.41, 5.74) is 2.25. The van der Waals surface area contributed by atoms with Crippen molar-refractivity contribution in [3.05, 3.63) is 35.8 Å². The van der Waals surface area contributed by atoms with E-state index in [0.717, 1.165) is 49.8 Å². The molecule has 7 atom stereocenters. The summed E-state index contributed by atoms with van der Waals surface area (Å²) in [5, 5.41) is 11.9. The second kappa shape index (κ2) is 8.24. The van der Waals surface area contributed by atoms with Gasteiger partial charge in [0.25, 0.3) is 0 Å². The van der Waals surface area contributed by atoms with E-state index in [1.54, 1.807) is 18.1 Å². The molecule has 0 aromatic carbocycles. The first-order valence-electron chi connectivity index (χ1n) is 13.7. The number of nitrogens with zero attached hydrogens (tertiary/aromatic N) is 1. The number of ether oxygens (including phenoxy) is 1. The highest BCUT2D eigenvalue weighted by molar-refractivity contribution is 5.29. The fourth-order valence-electron chi connectivity index (χ4n) is 9.16. The van der Waals surface area contributed by atoms with Gasteiger partial charge in [0.15, 0.2) is 0 Å². The summed E-state index contributed by atoms with van der Waals surface area (Å²) in [5.74, 6) is 2.11. The molecule has 4 aliphatic carbocycles. The molecule has 4 heteroatoms. The maximum Gasteiger partial charge on any atom is 0.0983 e. The lowest BCUT2D eigenvalue weighted by molar-refractivity contribution is -0.133. The van der Waals surface area contributed by atoms with Crippen LogP contribution in [-0.2, 0) is 10.3 Å². The van der Waals surface area contributed by atoms with Crippen molar-refractivity contribution in [1.82, 2.24) is 4.90 Å². The van der Waals surface area contributed by atoms with Gasteiger partial charge in [-0.3, -0.25) is 0 Å². The Kier molecular flexibility index (Phi) is 5.59. The monoisotopic (exact) mass is 453 g/mol. The highest BCUT2D eigenvalue weighted by Gasteiger charge is 2.64. The summed E-state index contributed by atoms with van der Waals surface area (Å²) in [6.07, 6.45) is 18.4. The number of allylic oxidation sites excluding steroid dienone is 1. The van der Waals surface area contributed by atoms with Crippen LogP contribution in [-0.4, -0.2) is 42.4 Å². The number of aliphatic hydroxyl groups is 1. The van der Waals surface area contributed by atoms with Crippen molar-refractivity contribution in [2.24, 2.45) is 28.6 Å². The van der Waals surface area contributed by atoms with E-state index in [-0.39, 0.29) is 5.41 Å². The number of hydrogen-bond acceptors (Lipinski definition) is 4. The number of hydrogen-bond donors (Lipinski definition) is 1. The van der Waals surface area contributed by atoms with Crippen LogP contribution in [0.25, 0.3) is 0 Å². The van der Waals surface area contributed by atoms with Gasteiger partial charge < -0.3 is 19.2 Å². The van der Waals surface area contributed by atoms with E-state index in [4.69, 9.17) is 9.15 Å². The minimum absolute atomic E-state index is 0.0362. The second-order valence-corrected chi connectivity index (χ2v) is 12.4. The van der Waals surface area contributed by atoms with Gasteiger partial charge in [0.1, 0.15) is 0 Å². The molecule has 4 fully saturated rings. The molecule has 1 saturated heterocycles. The summed E-state index contributed by atoms with van der Waals surface area (Å²) >= 11 is 0. The first-order chi connectivity index (χ1) is 15.9. The second-order valence-electron chi connectivity index (χ2n) is 12.4. The highest BCUT2D eigenvalue weighted by atomic mass is 16.5. The molecule has 33 heavy (non-hydrogen) atoms. The van der Waals surface area contributed by atoms with Crippen molar-refractivity contribution in [2.45, 2.75) is 89.8 Å². The number of furan rings is 1. The van der Waals surface area contributed by atoms with Crippen LogP contribution in [0.4, 0.5) is 0 Å². The average Bonchev–Trinajstić information content (AvgIpc) is 3.56. The van der Waals surface area contributed by atoms with Gasteiger partial charge in [-0.1, -0.05) is 25.5 Å². The van der Waals surface area contributed by atoms with Crippen molar-refractivity contribution in [3.8, 4) is 0 Å². The maximum atomic E-state index is 11.9. The van der Waals surface area contributed by atoms with Gasteiger partial charge in [-0.2, -0.15) is 0 Å². The summed E-state index contributed by atoms with van der Waals surface area (Å²) < 4.78 is 11.8. The van der Waals surface area contributed by atoms with E-state index in [2.05, 4.69) is 24.8 Å². The molecule has 4 nitrogen and oxygen atoms in total. The van der Waals surface area contributed by atoms with Gasteiger partial charge in [0, 0.05) is 17.5 Å². The minimum atomic E-state index is -0.729. The van der Waals surface area contributed by atoms with Crippen LogP contribution in [0.3, 0.4) is 0 Å². The molecule has 6 rings (SSSR count). The van der Waals surface area contributed by atoms with E-state index in [9.17, 15) is 5.11 Å². The van der Waals surface area contributed by atoms with Crippen LogP contribution in [0.5, 0.6) is 0 Å². The third kappa shape index (κ3) is 3.42. The molecule has 1 aliphatic heterocycles. The lowest BCUT2D eigenvalue weighted by atomic mass is 9.46. The SMILES string of the molecule is C[C@]12CC[C@H](OCCN3CCCC3)C=C1CC[C@@H]1[C@@H]2CC[C@@]2(C)[C@H]1CC[C@@]2(O)c1ccoc1. The van der Waals surface area contributed by atoms with Gasteiger partial charge >= 0.3 is 0 Å². The highest BCUT2D eigenvalue weighted by Crippen LogP contribution is 2.69. The maximum absolute atomic E-state index is 11.9. The van der Waals surface area contributed by atoms with Crippen molar-refractivity contribution < 1.29 is 14.3 Å². The summed E-state index contributed by atoms with van der Waals surface area (Å²) in [7, 11) is 0. The standard InChI is InChI=1S/C29H43NO3/c1-27-11-7-23(33-18-16-30-14-3-4-15-30)19-21(27)5-6-24-25(27)8-12-28(2)26(24)9-13-29(28,31)22-10-17-32-20-22/h10,17,19-20,23-26,31H,3-9,11-16,18H2,1-2H3/t23-,24+,25-,26-,27-,28-,29+/m0/s1. The van der Waals surface area contributed by atoms with Gasteiger partial charge in [0.05, 0.1) is 30.8 Å². The van der Waals surface area contributed by atoms with Crippen molar-refractivity contribution >= 4 is 0 Å². The Hall–Kier alpha value is -1.10. The van der Waals surface area contributed by atoms with Gasteiger partial charge in [-0.15, -0.1) is 0 Å². The third-order valence-electron chi connectivity index (χ3n) is 11.2. The smallest absolute Gasteiger partial charge is 0.0983 e. The summed E-state index contributed by atoms with van der Waals surface area (Å²) in [6.45, 7) is 9.44. The van der Waals surface area contributed by atoms with Crippen LogP contribution in [0, 0.1) is 28.6 Å². The van der Waals surface area contributed by atoms with Crippen molar-refractivity contribution in [1.29, 1.82) is 0 Å². The van der Waals surface area contributed by atoms with Gasteiger partial charge in [-0.05, 0) is 107 Å². The number of likely N-dealkylation sites (tertiary alicyclic amines) is 1. The Morgan fingerprint density at radius 2 is 1.88 bits per heavy atom. The van der Waals surface area contributed by atoms with E-state index < -0.39 is 5.60 Å². The Bertz CT molecular complexity index is 873. The van der Waals surface area contributed by atoms with Crippen molar-refractivity contribution in [2.75, 3.05) is 26.2 Å². The molecule has 0 radical (unpaired) electrons. The van der Waals surface area contributed by atoms with E-state index in [1.807, 2.05) is 6.07 Å². The summed E-state index contributed by atoms with van der Waals surface area (Å²) in [4.78, 5) is 2.55. The molecule has 1 N–H and O–H groups in total. The lowest BCUT2D eigenvalue weighted by Gasteiger charge is -2.59. The predicted molar refractivity (Wildman–Crippen MR) is 130 cm³/mol. The van der Waals surface area contributed by atoms with Crippen LogP contribution in [0.2, 0.25) is 0 Å². The lowest BCUT2D eigenvalue weighted by Crippen LogP contribution is -2.53. The number of rotatable bonds is 5. The van der Waals surface area contributed by atoms with Crippen LogP contribution >= 0.6 is 0 Å². The minimum Gasteiger partial charge on any atom is -0.472 e. The first kappa shape index (κ1) is 22.4. The molecule has 0 amide bonds. The Morgan fingerprint density at radius 1 is 1.06 bits per heavy atom. The number of fused-ring (bicyclic) bond motifs is 5. The molecule has 2 heterocycles. The molecule has 0 bridgehead atoms. The molecule has 0 unspecified atom stereocenters. The van der Waals surface area contributed by atoms with Gasteiger partial charge in [0.2, 0.25) is 0 Å². The van der Waals surface area contributed by atoms with E-state index in [0.29, 0.717) is 17.4 Å². The predicted octanol–water partition coefficient (Wildman–Crippen LogP) is 5.91. The topological polar surface area (TPSA) is 45.8 Å². The quantitative estimate of drug-likeness (QED) is 0.563. The Morgan fingerprint density at radius 3 is 2.67 bits per heavy atom. The Labute approximate surface area is 199 Å². The molecular weight excluding hydrogens is 410 g/mol. The fraction of sp³-hybridized carbons (Fsp3) is 0.793. The van der Waals surface area contributed by atoms with Gasteiger partial charge in [-0.25, -0.2) is 0 Å². The normalized spacial score (nSPS) is 45.4. The Balaban J connectivity index is 1.16. The fourth-order valence-corrected chi connectivity index (χ4v) is 9.16. The molecular formula is C29H43NO3. The summed E-state index contributed by atoms with van der Waals surface area (Å²) in [6, 6.07) is 1.99. The van der Waals surface area contributed by atoms with E-state index >= 15 is 0 Å². The van der Waals surface area contributed by atoms with Crippen LogP contribution in [0.1, 0.15) is 83.6 Å². The molecule has 5 aliphatic rings. The average molecular weight is 454 g/mol. The molecule has 0 spiro atoms.